The summed E-state index contributed by atoms with van der Waals surface area (Å²) < 4.78 is 1.96. The Morgan fingerprint density at radius 1 is 1.39 bits per heavy atom. The van der Waals surface area contributed by atoms with Gasteiger partial charge in [0.15, 0.2) is 0 Å². The SMILES string of the molecule is CCCCn1cncc1-c1ccccc1[N+](=O)[O-]. The number of nitrogens with zero attached hydrogens (tertiary/aromatic N) is 3. The molecule has 94 valence electrons. The maximum Gasteiger partial charge on any atom is 0.278 e. The number of rotatable bonds is 5. The van der Waals surface area contributed by atoms with Crippen molar-refractivity contribution in [3.05, 3.63) is 46.9 Å². The molecule has 0 fully saturated rings. The van der Waals surface area contributed by atoms with Gasteiger partial charge in [0.25, 0.3) is 5.69 Å². The second-order valence-corrected chi connectivity index (χ2v) is 4.10. The minimum Gasteiger partial charge on any atom is -0.330 e. The number of nitro benzene ring substituents is 1. The van der Waals surface area contributed by atoms with Gasteiger partial charge in [0, 0.05) is 12.6 Å². The van der Waals surface area contributed by atoms with Crippen LogP contribution < -0.4 is 0 Å². The highest BCUT2D eigenvalue weighted by atomic mass is 16.6. The molecule has 0 aliphatic heterocycles. The van der Waals surface area contributed by atoms with Crippen molar-refractivity contribution in [3.8, 4) is 11.3 Å². The summed E-state index contributed by atoms with van der Waals surface area (Å²) in [5, 5.41) is 11.0. The molecule has 0 N–H and O–H groups in total. The van der Waals surface area contributed by atoms with Crippen molar-refractivity contribution in [2.24, 2.45) is 0 Å². The molecule has 0 spiro atoms. The minimum atomic E-state index is -0.355. The molecule has 0 saturated carbocycles. The van der Waals surface area contributed by atoms with Crippen LogP contribution in [-0.2, 0) is 6.54 Å². The van der Waals surface area contributed by atoms with E-state index >= 15 is 0 Å². The third kappa shape index (κ3) is 2.40. The van der Waals surface area contributed by atoms with Gasteiger partial charge in [0.1, 0.15) is 0 Å². The van der Waals surface area contributed by atoms with E-state index in [9.17, 15) is 10.1 Å². The summed E-state index contributed by atoms with van der Waals surface area (Å²) in [6.07, 6.45) is 5.51. The maximum absolute atomic E-state index is 11.0. The molecule has 0 bridgehead atoms. The molecule has 0 aliphatic rings. The van der Waals surface area contributed by atoms with E-state index in [2.05, 4.69) is 11.9 Å². The van der Waals surface area contributed by atoms with Crippen LogP contribution in [0.2, 0.25) is 0 Å². The zero-order valence-corrected chi connectivity index (χ0v) is 10.2. The van der Waals surface area contributed by atoms with Gasteiger partial charge in [-0.15, -0.1) is 0 Å². The van der Waals surface area contributed by atoms with Crippen LogP contribution in [0.3, 0.4) is 0 Å². The topological polar surface area (TPSA) is 61.0 Å². The Balaban J connectivity index is 2.42. The normalized spacial score (nSPS) is 10.5. The van der Waals surface area contributed by atoms with Gasteiger partial charge in [-0.1, -0.05) is 25.5 Å². The molecule has 18 heavy (non-hydrogen) atoms. The number of hydrogen-bond donors (Lipinski definition) is 0. The van der Waals surface area contributed by atoms with Crippen LogP contribution in [0.5, 0.6) is 0 Å². The Morgan fingerprint density at radius 3 is 2.89 bits per heavy atom. The van der Waals surface area contributed by atoms with Crippen LogP contribution in [-0.4, -0.2) is 14.5 Å². The van der Waals surface area contributed by atoms with Gasteiger partial charge in [-0.05, 0) is 12.5 Å². The van der Waals surface area contributed by atoms with Crippen molar-refractivity contribution < 1.29 is 4.92 Å². The van der Waals surface area contributed by atoms with E-state index in [1.54, 1.807) is 30.7 Å². The third-order valence-electron chi connectivity index (χ3n) is 2.84. The summed E-state index contributed by atoms with van der Waals surface area (Å²) in [6.45, 7) is 2.94. The van der Waals surface area contributed by atoms with E-state index in [0.717, 1.165) is 25.1 Å². The van der Waals surface area contributed by atoms with E-state index in [-0.39, 0.29) is 10.6 Å². The van der Waals surface area contributed by atoms with E-state index in [1.165, 1.54) is 6.07 Å². The van der Waals surface area contributed by atoms with Crippen LogP contribution in [0.4, 0.5) is 5.69 Å². The van der Waals surface area contributed by atoms with Crippen molar-refractivity contribution >= 4 is 5.69 Å². The van der Waals surface area contributed by atoms with Crippen molar-refractivity contribution in [3.63, 3.8) is 0 Å². The average molecular weight is 245 g/mol. The lowest BCUT2D eigenvalue weighted by molar-refractivity contribution is -0.384. The highest BCUT2D eigenvalue weighted by molar-refractivity contribution is 5.70. The molecule has 0 amide bonds. The average Bonchev–Trinajstić information content (AvgIpc) is 2.84. The predicted molar refractivity (Wildman–Crippen MR) is 69.2 cm³/mol. The van der Waals surface area contributed by atoms with Gasteiger partial charge in [-0.2, -0.15) is 0 Å². The number of hydrogen-bond acceptors (Lipinski definition) is 3. The lowest BCUT2D eigenvalue weighted by atomic mass is 10.1. The summed E-state index contributed by atoms with van der Waals surface area (Å²) in [5.74, 6) is 0. The Bertz CT molecular complexity index is 549. The summed E-state index contributed by atoms with van der Waals surface area (Å²) in [4.78, 5) is 14.8. The fraction of sp³-hybridized carbons (Fsp3) is 0.308. The third-order valence-corrected chi connectivity index (χ3v) is 2.84. The Kier molecular flexibility index (Phi) is 3.72. The molecule has 0 radical (unpaired) electrons. The fourth-order valence-corrected chi connectivity index (χ4v) is 1.90. The standard InChI is InChI=1S/C13H15N3O2/c1-2-3-8-15-10-14-9-13(15)11-6-4-5-7-12(11)16(17)18/h4-7,9-10H,2-3,8H2,1H3. The van der Waals surface area contributed by atoms with Crippen LogP contribution in [0.25, 0.3) is 11.3 Å². The van der Waals surface area contributed by atoms with Crippen LogP contribution >= 0.6 is 0 Å². The number of para-hydroxylation sites is 1. The van der Waals surface area contributed by atoms with Crippen molar-refractivity contribution in [2.45, 2.75) is 26.3 Å². The van der Waals surface area contributed by atoms with Gasteiger partial charge < -0.3 is 4.57 Å². The molecule has 5 nitrogen and oxygen atoms in total. The molecule has 1 aromatic heterocycles. The zero-order chi connectivity index (χ0) is 13.0. The second kappa shape index (κ2) is 5.44. The van der Waals surface area contributed by atoms with E-state index in [4.69, 9.17) is 0 Å². The first-order valence-electron chi connectivity index (χ1n) is 5.98. The first kappa shape index (κ1) is 12.3. The lowest BCUT2D eigenvalue weighted by Gasteiger charge is -2.07. The minimum absolute atomic E-state index is 0.121. The Hall–Kier alpha value is -2.17. The summed E-state index contributed by atoms with van der Waals surface area (Å²) in [6, 6.07) is 6.76. The highest BCUT2D eigenvalue weighted by Crippen LogP contribution is 2.29. The van der Waals surface area contributed by atoms with Crippen molar-refractivity contribution in [1.29, 1.82) is 0 Å². The van der Waals surface area contributed by atoms with Crippen molar-refractivity contribution in [1.82, 2.24) is 9.55 Å². The van der Waals surface area contributed by atoms with Gasteiger partial charge in [0.05, 0.1) is 28.7 Å². The molecule has 0 atom stereocenters. The molecule has 2 aromatic rings. The molecular weight excluding hydrogens is 230 g/mol. The van der Waals surface area contributed by atoms with Gasteiger partial charge >= 0.3 is 0 Å². The number of nitro groups is 1. The Morgan fingerprint density at radius 2 is 2.17 bits per heavy atom. The molecule has 1 aromatic carbocycles. The fourth-order valence-electron chi connectivity index (χ4n) is 1.90. The smallest absolute Gasteiger partial charge is 0.278 e. The van der Waals surface area contributed by atoms with E-state index in [0.29, 0.717) is 5.56 Å². The van der Waals surface area contributed by atoms with Gasteiger partial charge in [-0.25, -0.2) is 4.98 Å². The van der Waals surface area contributed by atoms with Crippen LogP contribution in [0, 0.1) is 10.1 Å². The van der Waals surface area contributed by atoms with E-state index in [1.807, 2.05) is 4.57 Å². The second-order valence-electron chi connectivity index (χ2n) is 4.10. The largest absolute Gasteiger partial charge is 0.330 e. The zero-order valence-electron chi connectivity index (χ0n) is 10.2. The molecule has 0 unspecified atom stereocenters. The Labute approximate surface area is 105 Å². The van der Waals surface area contributed by atoms with Gasteiger partial charge in [-0.3, -0.25) is 10.1 Å². The molecular formula is C13H15N3O2. The summed E-state index contributed by atoms with van der Waals surface area (Å²) in [5.41, 5.74) is 1.54. The molecule has 2 rings (SSSR count). The number of imidazole rings is 1. The summed E-state index contributed by atoms with van der Waals surface area (Å²) >= 11 is 0. The number of benzene rings is 1. The predicted octanol–water partition coefficient (Wildman–Crippen LogP) is 3.26. The summed E-state index contributed by atoms with van der Waals surface area (Å²) in [7, 11) is 0. The highest BCUT2D eigenvalue weighted by Gasteiger charge is 2.16. The monoisotopic (exact) mass is 245 g/mol. The van der Waals surface area contributed by atoms with Gasteiger partial charge in [0.2, 0.25) is 0 Å². The molecule has 0 saturated heterocycles. The molecule has 0 aliphatic carbocycles. The number of aryl methyl sites for hydroxylation is 1. The number of aromatic nitrogens is 2. The quantitative estimate of drug-likeness (QED) is 0.600. The molecule has 1 heterocycles. The molecule has 5 heteroatoms. The van der Waals surface area contributed by atoms with Crippen LogP contribution in [0.1, 0.15) is 19.8 Å². The first-order valence-corrected chi connectivity index (χ1v) is 5.98. The van der Waals surface area contributed by atoms with E-state index < -0.39 is 0 Å². The maximum atomic E-state index is 11.0. The lowest BCUT2D eigenvalue weighted by Crippen LogP contribution is -2.00. The first-order chi connectivity index (χ1) is 8.74. The van der Waals surface area contributed by atoms with Crippen LogP contribution in [0.15, 0.2) is 36.8 Å². The number of unbranched alkanes of at least 4 members (excludes halogenated alkanes) is 1. The van der Waals surface area contributed by atoms with Crippen molar-refractivity contribution in [2.75, 3.05) is 0 Å².